The summed E-state index contributed by atoms with van der Waals surface area (Å²) in [5, 5.41) is 32.6. The van der Waals surface area contributed by atoms with Gasteiger partial charge in [-0.2, -0.15) is 4.52 Å². The molecule has 2 rings (SSSR count). The Morgan fingerprint density at radius 1 is 1.05 bits per heavy atom. The van der Waals surface area contributed by atoms with E-state index in [4.69, 9.17) is 5.11 Å². The van der Waals surface area contributed by atoms with E-state index in [0.717, 1.165) is 17.3 Å². The first-order valence-electron chi connectivity index (χ1n) is 7.78. The third-order valence-corrected chi connectivity index (χ3v) is 4.15. The fourth-order valence-electron chi connectivity index (χ4n) is 1.99. The lowest BCUT2D eigenvalue weighted by Crippen LogP contribution is -2.12. The van der Waals surface area contributed by atoms with Gasteiger partial charge in [0.15, 0.2) is 0 Å². The van der Waals surface area contributed by atoms with E-state index in [-0.39, 0.29) is 6.61 Å². The van der Waals surface area contributed by atoms with Gasteiger partial charge in [0.2, 0.25) is 5.16 Å². The summed E-state index contributed by atoms with van der Waals surface area (Å²) < 4.78 is 1.59. The maximum Gasteiger partial charge on any atom is 0.291 e. The third-order valence-electron chi connectivity index (χ3n) is 3.15. The molecule has 0 radical (unpaired) electrons. The van der Waals surface area contributed by atoms with Crippen molar-refractivity contribution in [2.45, 2.75) is 50.6 Å². The lowest BCUT2D eigenvalue weighted by molar-refractivity contribution is 0.310. The van der Waals surface area contributed by atoms with Crippen LogP contribution in [0.25, 0.3) is 5.78 Å². The second-order valence-corrected chi connectivity index (χ2v) is 6.05. The summed E-state index contributed by atoms with van der Waals surface area (Å²) in [5.74, 6) is 1.75. The van der Waals surface area contributed by atoms with E-state index < -0.39 is 0 Å². The highest BCUT2D eigenvalue weighted by Gasteiger charge is 2.10. The van der Waals surface area contributed by atoms with Crippen molar-refractivity contribution in [1.82, 2.24) is 30.0 Å². The summed E-state index contributed by atoms with van der Waals surface area (Å²) in [5.41, 5.74) is 0. The third kappa shape index (κ3) is 5.06. The van der Waals surface area contributed by atoms with Crippen LogP contribution in [0.2, 0.25) is 0 Å². The number of fused-ring (bicyclic) bond motifs is 1. The molecule has 0 spiro atoms. The predicted octanol–water partition coefficient (Wildman–Crippen LogP) is 1.77. The number of aliphatic hydroxyl groups is 1. The monoisotopic (exact) mass is 325 g/mol. The standard InChI is InChI=1S/C13H23N7OS/c1-2-3-4-5-6-7-10-22-13-18-17-12-16-15-11(14-8-9-21)19-20(12)13/h21H,2-10H2,1H3,(H,14,19). The van der Waals surface area contributed by atoms with Crippen LogP contribution in [0.5, 0.6) is 0 Å². The van der Waals surface area contributed by atoms with E-state index in [0.29, 0.717) is 18.3 Å². The molecule has 0 aromatic carbocycles. The quantitative estimate of drug-likeness (QED) is 0.476. The largest absolute Gasteiger partial charge is 0.395 e. The average Bonchev–Trinajstić information content (AvgIpc) is 2.94. The number of hydrogen-bond acceptors (Lipinski definition) is 8. The number of rotatable bonds is 11. The molecule has 0 aliphatic rings. The molecule has 0 aliphatic carbocycles. The number of thioether (sulfide) groups is 1. The van der Waals surface area contributed by atoms with Crippen LogP contribution in [0, 0.1) is 0 Å². The van der Waals surface area contributed by atoms with Crippen LogP contribution < -0.4 is 5.32 Å². The molecule has 0 saturated heterocycles. The predicted molar refractivity (Wildman–Crippen MR) is 86.0 cm³/mol. The molecule has 8 nitrogen and oxygen atoms in total. The Labute approximate surface area is 134 Å². The number of aromatic nitrogens is 6. The molecule has 9 heteroatoms. The van der Waals surface area contributed by atoms with Gasteiger partial charge < -0.3 is 10.4 Å². The number of aliphatic hydroxyl groups excluding tert-OH is 1. The summed E-state index contributed by atoms with van der Waals surface area (Å²) >= 11 is 1.63. The van der Waals surface area contributed by atoms with Crippen LogP contribution in [0.3, 0.4) is 0 Å². The number of anilines is 1. The Kier molecular flexibility index (Phi) is 7.31. The Balaban J connectivity index is 1.82. The van der Waals surface area contributed by atoms with Gasteiger partial charge in [-0.15, -0.1) is 25.5 Å². The van der Waals surface area contributed by atoms with Gasteiger partial charge in [0.1, 0.15) is 0 Å². The van der Waals surface area contributed by atoms with Gasteiger partial charge in [-0.25, -0.2) is 0 Å². The van der Waals surface area contributed by atoms with Gasteiger partial charge in [-0.3, -0.25) is 0 Å². The minimum absolute atomic E-state index is 0.0171. The van der Waals surface area contributed by atoms with E-state index in [1.54, 1.807) is 16.3 Å². The summed E-state index contributed by atoms with van der Waals surface area (Å²) in [6.45, 7) is 2.63. The molecule has 0 unspecified atom stereocenters. The second kappa shape index (κ2) is 9.52. The maximum absolute atomic E-state index is 8.80. The Bertz CT molecular complexity index is 562. The summed E-state index contributed by atoms with van der Waals surface area (Å²) in [7, 11) is 0. The minimum atomic E-state index is 0.0171. The SMILES string of the molecule is CCCCCCCCSc1nnc2nnc(NCCO)nn12. The van der Waals surface area contributed by atoms with Crippen molar-refractivity contribution in [3.63, 3.8) is 0 Å². The maximum atomic E-state index is 8.80. The molecule has 2 aromatic heterocycles. The van der Waals surface area contributed by atoms with Crippen LogP contribution in [-0.4, -0.2) is 54.0 Å². The smallest absolute Gasteiger partial charge is 0.291 e. The zero-order valence-corrected chi connectivity index (χ0v) is 13.7. The molecule has 0 atom stereocenters. The molecule has 22 heavy (non-hydrogen) atoms. The molecule has 2 N–H and O–H groups in total. The van der Waals surface area contributed by atoms with Crippen molar-refractivity contribution >= 4 is 23.5 Å². The van der Waals surface area contributed by atoms with Crippen LogP contribution in [0.4, 0.5) is 5.95 Å². The highest BCUT2D eigenvalue weighted by Crippen LogP contribution is 2.18. The number of nitrogens with zero attached hydrogens (tertiary/aromatic N) is 6. The number of hydrogen-bond donors (Lipinski definition) is 2. The molecule has 122 valence electrons. The van der Waals surface area contributed by atoms with E-state index >= 15 is 0 Å². The van der Waals surface area contributed by atoms with Crippen molar-refractivity contribution in [1.29, 1.82) is 0 Å². The van der Waals surface area contributed by atoms with E-state index in [1.165, 1.54) is 32.1 Å². The van der Waals surface area contributed by atoms with Gasteiger partial charge in [0, 0.05) is 12.3 Å². The molecule has 2 heterocycles. The normalized spacial score (nSPS) is 11.2. The first kappa shape index (κ1) is 16.9. The highest BCUT2D eigenvalue weighted by atomic mass is 32.2. The molecule has 0 fully saturated rings. The van der Waals surface area contributed by atoms with Gasteiger partial charge >= 0.3 is 0 Å². The molecule has 0 bridgehead atoms. The molecule has 0 aliphatic heterocycles. The average molecular weight is 325 g/mol. The van der Waals surface area contributed by atoms with Crippen LogP contribution in [0.15, 0.2) is 5.16 Å². The van der Waals surface area contributed by atoms with Crippen LogP contribution in [-0.2, 0) is 0 Å². The Morgan fingerprint density at radius 3 is 2.64 bits per heavy atom. The topological polar surface area (TPSA) is 101 Å². The lowest BCUT2D eigenvalue weighted by Gasteiger charge is -2.02. The Hall–Kier alpha value is -1.48. The van der Waals surface area contributed by atoms with E-state index in [1.807, 2.05) is 0 Å². The first-order chi connectivity index (χ1) is 10.8. The summed E-state index contributed by atoms with van der Waals surface area (Å²) in [6, 6.07) is 0. The van der Waals surface area contributed by atoms with Crippen molar-refractivity contribution in [2.75, 3.05) is 24.2 Å². The van der Waals surface area contributed by atoms with Crippen molar-refractivity contribution < 1.29 is 5.11 Å². The lowest BCUT2D eigenvalue weighted by atomic mass is 10.1. The number of nitrogens with one attached hydrogen (secondary N) is 1. The fraction of sp³-hybridized carbons (Fsp3) is 0.769. The number of unbranched alkanes of at least 4 members (excludes halogenated alkanes) is 5. The van der Waals surface area contributed by atoms with E-state index in [2.05, 4.69) is 37.7 Å². The first-order valence-corrected chi connectivity index (χ1v) is 8.77. The van der Waals surface area contributed by atoms with Gasteiger partial charge in [0.05, 0.1) is 6.61 Å². The minimum Gasteiger partial charge on any atom is -0.395 e. The van der Waals surface area contributed by atoms with Crippen molar-refractivity contribution in [3.8, 4) is 0 Å². The molecule has 0 amide bonds. The van der Waals surface area contributed by atoms with Gasteiger partial charge in [-0.1, -0.05) is 50.8 Å². The molecule has 0 saturated carbocycles. The van der Waals surface area contributed by atoms with Crippen LogP contribution in [0.1, 0.15) is 45.4 Å². The van der Waals surface area contributed by atoms with Crippen molar-refractivity contribution in [2.24, 2.45) is 0 Å². The Morgan fingerprint density at radius 2 is 1.82 bits per heavy atom. The summed E-state index contributed by atoms with van der Waals surface area (Å²) in [4.78, 5) is 0. The van der Waals surface area contributed by atoms with Gasteiger partial charge in [0.25, 0.3) is 11.7 Å². The fourth-order valence-corrected chi connectivity index (χ4v) is 2.86. The zero-order valence-electron chi connectivity index (χ0n) is 12.9. The molecular weight excluding hydrogens is 302 g/mol. The summed E-state index contributed by atoms with van der Waals surface area (Å²) in [6.07, 6.45) is 7.64. The highest BCUT2D eigenvalue weighted by molar-refractivity contribution is 7.99. The molecule has 2 aromatic rings. The van der Waals surface area contributed by atoms with Gasteiger partial charge in [-0.05, 0) is 6.42 Å². The molecular formula is C13H23N7OS. The second-order valence-electron chi connectivity index (χ2n) is 4.98. The van der Waals surface area contributed by atoms with Crippen LogP contribution >= 0.6 is 11.8 Å². The van der Waals surface area contributed by atoms with Crippen molar-refractivity contribution in [3.05, 3.63) is 0 Å². The van der Waals surface area contributed by atoms with E-state index in [9.17, 15) is 0 Å². The zero-order chi connectivity index (χ0) is 15.6.